The van der Waals surface area contributed by atoms with Gasteiger partial charge in [-0.3, -0.25) is 4.98 Å². The average Bonchev–Trinajstić information content (AvgIpc) is 3.22. The van der Waals surface area contributed by atoms with Gasteiger partial charge in [-0.1, -0.05) is 18.2 Å². The highest BCUT2D eigenvalue weighted by atomic mass is 16.7. The van der Waals surface area contributed by atoms with E-state index in [-0.39, 0.29) is 12.8 Å². The second-order valence-corrected chi connectivity index (χ2v) is 6.63. The Morgan fingerprint density at radius 2 is 1.86 bits per heavy atom. The van der Waals surface area contributed by atoms with Gasteiger partial charge in [-0.15, -0.1) is 0 Å². The molecule has 0 bridgehead atoms. The molecular formula is C22H18N4O2. The maximum absolute atomic E-state index is 5.50. The van der Waals surface area contributed by atoms with E-state index in [0.717, 1.165) is 39.3 Å². The van der Waals surface area contributed by atoms with Gasteiger partial charge >= 0.3 is 0 Å². The monoisotopic (exact) mass is 370 g/mol. The minimum absolute atomic E-state index is 0.0227. The van der Waals surface area contributed by atoms with Crippen LogP contribution in [0.25, 0.3) is 22.3 Å². The number of nitrogens with one attached hydrogen (secondary N) is 1. The second kappa shape index (κ2) is 6.81. The molecule has 4 aromatic rings. The molecule has 28 heavy (non-hydrogen) atoms. The van der Waals surface area contributed by atoms with E-state index in [1.807, 2.05) is 54.6 Å². The zero-order chi connectivity index (χ0) is 18.9. The Bertz CT molecular complexity index is 1150. The Kier molecular flexibility index (Phi) is 4.01. The fraction of sp³-hybridized carbons (Fsp3) is 0.136. The lowest BCUT2D eigenvalue weighted by molar-refractivity contribution is 0.174. The Morgan fingerprint density at radius 1 is 0.964 bits per heavy atom. The van der Waals surface area contributed by atoms with Crippen molar-refractivity contribution in [2.24, 2.45) is 0 Å². The summed E-state index contributed by atoms with van der Waals surface area (Å²) < 4.78 is 10.9. The highest BCUT2D eigenvalue weighted by molar-refractivity contribution is 5.90. The zero-order valence-corrected chi connectivity index (χ0v) is 15.3. The molecule has 6 heteroatoms. The van der Waals surface area contributed by atoms with Crippen molar-refractivity contribution in [3.05, 3.63) is 72.6 Å². The van der Waals surface area contributed by atoms with Crippen molar-refractivity contribution in [1.82, 2.24) is 15.0 Å². The molecule has 6 nitrogen and oxygen atoms in total. The second-order valence-electron chi connectivity index (χ2n) is 6.63. The highest BCUT2D eigenvalue weighted by Crippen LogP contribution is 2.35. The van der Waals surface area contributed by atoms with Gasteiger partial charge in [0.2, 0.25) is 6.79 Å². The summed E-state index contributed by atoms with van der Waals surface area (Å²) >= 11 is 0. The minimum Gasteiger partial charge on any atom is -0.454 e. The molecule has 5 rings (SSSR count). The summed E-state index contributed by atoms with van der Waals surface area (Å²) in [4.78, 5) is 13.7. The van der Waals surface area contributed by atoms with Crippen LogP contribution in [0.15, 0.2) is 67.0 Å². The van der Waals surface area contributed by atoms with Crippen LogP contribution in [0.3, 0.4) is 0 Å². The van der Waals surface area contributed by atoms with Crippen LogP contribution in [0.1, 0.15) is 18.5 Å². The topological polar surface area (TPSA) is 69.2 Å². The van der Waals surface area contributed by atoms with Crippen LogP contribution in [-0.2, 0) is 0 Å². The fourth-order valence-electron chi connectivity index (χ4n) is 3.28. The molecule has 0 saturated heterocycles. The number of para-hydroxylation sites is 1. The van der Waals surface area contributed by atoms with Crippen LogP contribution < -0.4 is 14.8 Å². The van der Waals surface area contributed by atoms with Crippen molar-refractivity contribution >= 4 is 16.7 Å². The number of fused-ring (bicyclic) bond motifs is 2. The predicted molar refractivity (Wildman–Crippen MR) is 107 cm³/mol. The molecule has 1 atom stereocenters. The number of aromatic nitrogens is 3. The maximum Gasteiger partial charge on any atom is 0.231 e. The van der Waals surface area contributed by atoms with Gasteiger partial charge in [0.05, 0.1) is 11.6 Å². The number of hydrogen-bond acceptors (Lipinski definition) is 6. The molecule has 1 aliphatic rings. The Labute approximate surface area is 162 Å². The number of hydrogen-bond donors (Lipinski definition) is 1. The smallest absolute Gasteiger partial charge is 0.231 e. The van der Waals surface area contributed by atoms with Crippen molar-refractivity contribution in [2.75, 3.05) is 12.1 Å². The van der Waals surface area contributed by atoms with E-state index in [0.29, 0.717) is 5.82 Å². The Balaban J connectivity index is 1.54. The minimum atomic E-state index is 0.0227. The molecule has 1 N–H and O–H groups in total. The van der Waals surface area contributed by atoms with Gasteiger partial charge in [-0.05, 0) is 48.9 Å². The number of ether oxygens (including phenoxy) is 2. The van der Waals surface area contributed by atoms with Crippen LogP contribution in [-0.4, -0.2) is 21.7 Å². The summed E-state index contributed by atoms with van der Waals surface area (Å²) in [6.45, 7) is 2.36. The number of anilines is 1. The first-order chi connectivity index (χ1) is 13.8. The Hall–Kier alpha value is -3.67. The van der Waals surface area contributed by atoms with Crippen LogP contribution in [0.4, 0.5) is 5.82 Å². The van der Waals surface area contributed by atoms with Gasteiger partial charge < -0.3 is 14.8 Å². The molecule has 1 unspecified atom stereocenters. The third-order valence-electron chi connectivity index (χ3n) is 4.77. The quantitative estimate of drug-likeness (QED) is 0.566. The van der Waals surface area contributed by atoms with E-state index in [9.17, 15) is 0 Å². The normalized spacial score (nSPS) is 13.5. The number of pyridine rings is 1. The van der Waals surface area contributed by atoms with Crippen LogP contribution >= 0.6 is 0 Å². The lowest BCUT2D eigenvalue weighted by Gasteiger charge is -2.17. The van der Waals surface area contributed by atoms with Crippen molar-refractivity contribution in [3.8, 4) is 22.9 Å². The summed E-state index contributed by atoms with van der Waals surface area (Å²) in [6, 6.07) is 17.8. The SMILES string of the molecule is CC(Nc1nc(-c2cccnc2)nc2ccccc12)c1ccc2c(c1)OCO2. The lowest BCUT2D eigenvalue weighted by Crippen LogP contribution is -2.09. The third-order valence-corrected chi connectivity index (χ3v) is 4.77. The van der Waals surface area contributed by atoms with Crippen LogP contribution in [0.5, 0.6) is 11.5 Å². The Morgan fingerprint density at radius 3 is 2.75 bits per heavy atom. The van der Waals surface area contributed by atoms with Gasteiger partial charge in [0, 0.05) is 23.3 Å². The molecule has 0 spiro atoms. The standard InChI is InChI=1S/C22H18N4O2/c1-14(15-8-9-19-20(11-15)28-13-27-19)24-22-17-6-2-3-7-18(17)25-21(26-22)16-5-4-10-23-12-16/h2-12,14H,13H2,1H3,(H,24,25,26). The zero-order valence-electron chi connectivity index (χ0n) is 15.3. The van der Waals surface area contributed by atoms with Gasteiger partial charge in [0.15, 0.2) is 17.3 Å². The maximum atomic E-state index is 5.50. The first-order valence-corrected chi connectivity index (χ1v) is 9.11. The van der Waals surface area contributed by atoms with E-state index in [1.54, 1.807) is 12.4 Å². The van der Waals surface area contributed by atoms with E-state index in [1.165, 1.54) is 0 Å². The molecule has 0 fully saturated rings. The van der Waals surface area contributed by atoms with E-state index in [2.05, 4.69) is 17.2 Å². The third kappa shape index (κ3) is 2.99. The van der Waals surface area contributed by atoms with E-state index in [4.69, 9.17) is 19.4 Å². The first-order valence-electron chi connectivity index (χ1n) is 9.11. The number of rotatable bonds is 4. The van der Waals surface area contributed by atoms with Gasteiger partial charge in [-0.25, -0.2) is 9.97 Å². The largest absolute Gasteiger partial charge is 0.454 e. The molecule has 2 aromatic carbocycles. The van der Waals surface area contributed by atoms with Crippen molar-refractivity contribution in [1.29, 1.82) is 0 Å². The average molecular weight is 370 g/mol. The van der Waals surface area contributed by atoms with E-state index >= 15 is 0 Å². The van der Waals surface area contributed by atoms with Crippen molar-refractivity contribution < 1.29 is 9.47 Å². The summed E-state index contributed by atoms with van der Waals surface area (Å²) in [5.74, 6) is 2.99. The first kappa shape index (κ1) is 16.5. The van der Waals surface area contributed by atoms with E-state index < -0.39 is 0 Å². The number of benzene rings is 2. The molecule has 0 amide bonds. The van der Waals surface area contributed by atoms with Crippen molar-refractivity contribution in [3.63, 3.8) is 0 Å². The summed E-state index contributed by atoms with van der Waals surface area (Å²) in [7, 11) is 0. The molecule has 138 valence electrons. The molecule has 0 aliphatic carbocycles. The van der Waals surface area contributed by atoms with Crippen LogP contribution in [0.2, 0.25) is 0 Å². The molecular weight excluding hydrogens is 352 g/mol. The van der Waals surface area contributed by atoms with Gasteiger partial charge in [0.1, 0.15) is 5.82 Å². The summed E-state index contributed by atoms with van der Waals surface area (Å²) in [6.07, 6.45) is 3.51. The van der Waals surface area contributed by atoms with Crippen molar-refractivity contribution in [2.45, 2.75) is 13.0 Å². The van der Waals surface area contributed by atoms with Gasteiger partial charge in [-0.2, -0.15) is 0 Å². The summed E-state index contributed by atoms with van der Waals surface area (Å²) in [5.41, 5.74) is 2.86. The summed E-state index contributed by atoms with van der Waals surface area (Å²) in [5, 5.41) is 4.51. The highest BCUT2D eigenvalue weighted by Gasteiger charge is 2.17. The molecule has 1 aliphatic heterocycles. The molecule has 2 aromatic heterocycles. The predicted octanol–water partition coefficient (Wildman–Crippen LogP) is 4.59. The number of nitrogens with zero attached hydrogens (tertiary/aromatic N) is 3. The van der Waals surface area contributed by atoms with Gasteiger partial charge in [0.25, 0.3) is 0 Å². The fourth-order valence-corrected chi connectivity index (χ4v) is 3.28. The molecule has 0 saturated carbocycles. The molecule has 3 heterocycles. The molecule has 0 radical (unpaired) electrons. The lowest BCUT2D eigenvalue weighted by atomic mass is 10.1. The van der Waals surface area contributed by atoms with Crippen LogP contribution in [0, 0.1) is 0 Å².